The summed E-state index contributed by atoms with van der Waals surface area (Å²) in [7, 11) is 1.57. The number of methoxy groups -OCH3 is 1. The van der Waals surface area contributed by atoms with Gasteiger partial charge < -0.3 is 15.2 Å². The molecule has 1 rings (SSSR count). The van der Waals surface area contributed by atoms with Crippen LogP contribution in [0.4, 0.5) is 0 Å². The molecule has 1 aliphatic rings. The van der Waals surface area contributed by atoms with Crippen LogP contribution < -0.4 is 5.32 Å². The van der Waals surface area contributed by atoms with Gasteiger partial charge in [-0.2, -0.15) is 0 Å². The zero-order valence-electron chi connectivity index (χ0n) is 8.02. The number of piperazine rings is 1. The number of carbonyl (C=O) groups excluding carboxylic acids is 1. The fourth-order valence-corrected chi connectivity index (χ4v) is 1.34. The summed E-state index contributed by atoms with van der Waals surface area (Å²) in [5, 5.41) is 11.1. The third-order valence-electron chi connectivity index (χ3n) is 2.05. The van der Waals surface area contributed by atoms with Crippen LogP contribution in [-0.4, -0.2) is 61.3 Å². The summed E-state index contributed by atoms with van der Waals surface area (Å²) in [6, 6.07) is -0.798. The van der Waals surface area contributed by atoms with Gasteiger partial charge in [-0.1, -0.05) is 0 Å². The number of carboxylic acid groups (broad SMARTS) is 1. The van der Waals surface area contributed by atoms with E-state index in [1.807, 2.05) is 0 Å². The molecule has 14 heavy (non-hydrogen) atoms. The summed E-state index contributed by atoms with van der Waals surface area (Å²) in [6.45, 7) is 1.66. The average Bonchev–Trinajstić information content (AvgIpc) is 2.14. The maximum atomic E-state index is 11.1. The number of aliphatic carboxylic acids is 1. The topological polar surface area (TPSA) is 78.9 Å². The van der Waals surface area contributed by atoms with Crippen molar-refractivity contribution in [1.82, 2.24) is 10.2 Å². The molecule has 80 valence electrons. The van der Waals surface area contributed by atoms with Gasteiger partial charge in [-0.3, -0.25) is 9.69 Å². The molecule has 6 heteroatoms. The van der Waals surface area contributed by atoms with E-state index in [9.17, 15) is 9.59 Å². The minimum absolute atomic E-state index is 0.243. The molecule has 1 unspecified atom stereocenters. The third-order valence-corrected chi connectivity index (χ3v) is 2.05. The number of hydrogen-bond acceptors (Lipinski definition) is 4. The molecule has 1 fully saturated rings. The van der Waals surface area contributed by atoms with E-state index in [1.165, 1.54) is 0 Å². The molecule has 0 aliphatic carbocycles. The molecule has 0 spiro atoms. The highest BCUT2D eigenvalue weighted by atomic mass is 16.5. The Labute approximate surface area is 81.8 Å². The first kappa shape index (κ1) is 10.9. The highest BCUT2D eigenvalue weighted by molar-refractivity contribution is 5.86. The maximum Gasteiger partial charge on any atom is 0.327 e. The van der Waals surface area contributed by atoms with Crippen LogP contribution in [-0.2, 0) is 14.3 Å². The lowest BCUT2D eigenvalue weighted by Crippen LogP contribution is -2.57. The molecule has 6 nitrogen and oxygen atoms in total. The summed E-state index contributed by atoms with van der Waals surface area (Å²) in [5.41, 5.74) is 0. The Balaban J connectivity index is 2.45. The summed E-state index contributed by atoms with van der Waals surface area (Å²) in [6.07, 6.45) is 0. The molecule has 1 saturated heterocycles. The van der Waals surface area contributed by atoms with Crippen LogP contribution in [0.25, 0.3) is 0 Å². The minimum Gasteiger partial charge on any atom is -0.480 e. The molecular weight excluding hydrogens is 188 g/mol. The summed E-state index contributed by atoms with van der Waals surface area (Å²) in [5.74, 6) is -1.25. The van der Waals surface area contributed by atoms with Gasteiger partial charge in [-0.15, -0.1) is 0 Å². The van der Waals surface area contributed by atoms with E-state index >= 15 is 0 Å². The van der Waals surface area contributed by atoms with Gasteiger partial charge in [0.25, 0.3) is 0 Å². The predicted octanol–water partition coefficient (Wildman–Crippen LogP) is -1.48. The Morgan fingerprint density at radius 2 is 2.50 bits per heavy atom. The van der Waals surface area contributed by atoms with E-state index in [-0.39, 0.29) is 12.5 Å². The SMILES string of the molecule is COCCN1CC(=O)NC(C(=O)O)C1. The second-order valence-electron chi connectivity index (χ2n) is 3.19. The monoisotopic (exact) mass is 202 g/mol. The molecule has 1 aliphatic heterocycles. The zero-order valence-corrected chi connectivity index (χ0v) is 8.02. The summed E-state index contributed by atoms with van der Waals surface area (Å²) >= 11 is 0. The highest BCUT2D eigenvalue weighted by Crippen LogP contribution is 1.99. The van der Waals surface area contributed by atoms with Gasteiger partial charge in [-0.25, -0.2) is 4.79 Å². The Kier molecular flexibility index (Phi) is 3.84. The van der Waals surface area contributed by atoms with Crippen molar-refractivity contribution in [1.29, 1.82) is 0 Å². The Morgan fingerprint density at radius 1 is 1.79 bits per heavy atom. The van der Waals surface area contributed by atoms with E-state index < -0.39 is 12.0 Å². The Bertz CT molecular complexity index is 231. The maximum absolute atomic E-state index is 11.1. The van der Waals surface area contributed by atoms with Gasteiger partial charge in [0.15, 0.2) is 0 Å². The zero-order chi connectivity index (χ0) is 10.6. The van der Waals surface area contributed by atoms with Crippen molar-refractivity contribution in [3.8, 4) is 0 Å². The van der Waals surface area contributed by atoms with E-state index in [0.717, 1.165) is 0 Å². The van der Waals surface area contributed by atoms with Crippen molar-refractivity contribution in [3.63, 3.8) is 0 Å². The van der Waals surface area contributed by atoms with Crippen molar-refractivity contribution in [2.24, 2.45) is 0 Å². The molecule has 1 atom stereocenters. The normalized spacial score (nSPS) is 23.2. The minimum atomic E-state index is -1.000. The standard InChI is InChI=1S/C8H14N2O4/c1-14-3-2-10-4-6(8(12)13)9-7(11)5-10/h6H,2-5H2,1H3,(H,9,11)(H,12,13). The fourth-order valence-electron chi connectivity index (χ4n) is 1.34. The van der Waals surface area contributed by atoms with Crippen molar-refractivity contribution < 1.29 is 19.4 Å². The van der Waals surface area contributed by atoms with Gasteiger partial charge in [-0.05, 0) is 0 Å². The van der Waals surface area contributed by atoms with E-state index in [1.54, 1.807) is 12.0 Å². The third kappa shape index (κ3) is 2.97. The van der Waals surface area contributed by atoms with Crippen LogP contribution in [0.3, 0.4) is 0 Å². The molecule has 1 amide bonds. The van der Waals surface area contributed by atoms with Crippen LogP contribution >= 0.6 is 0 Å². The van der Waals surface area contributed by atoms with Crippen molar-refractivity contribution in [3.05, 3.63) is 0 Å². The number of carbonyl (C=O) groups is 2. The number of nitrogens with zero attached hydrogens (tertiary/aromatic N) is 1. The second-order valence-corrected chi connectivity index (χ2v) is 3.19. The van der Waals surface area contributed by atoms with Crippen molar-refractivity contribution >= 4 is 11.9 Å². The molecule has 1 heterocycles. The quantitative estimate of drug-likeness (QED) is 0.581. The molecule has 0 aromatic carbocycles. The Morgan fingerprint density at radius 3 is 3.07 bits per heavy atom. The molecule has 0 aromatic heterocycles. The average molecular weight is 202 g/mol. The number of amides is 1. The van der Waals surface area contributed by atoms with E-state index in [0.29, 0.717) is 19.7 Å². The lowest BCUT2D eigenvalue weighted by molar-refractivity contribution is -0.144. The van der Waals surface area contributed by atoms with Gasteiger partial charge in [0.05, 0.1) is 13.2 Å². The molecular formula is C8H14N2O4. The lowest BCUT2D eigenvalue weighted by atomic mass is 10.2. The van der Waals surface area contributed by atoms with Gasteiger partial charge >= 0.3 is 5.97 Å². The predicted molar refractivity (Wildman–Crippen MR) is 47.9 cm³/mol. The van der Waals surface area contributed by atoms with Gasteiger partial charge in [0, 0.05) is 20.2 Å². The first-order valence-corrected chi connectivity index (χ1v) is 4.37. The van der Waals surface area contributed by atoms with Crippen molar-refractivity contribution in [2.75, 3.05) is 33.4 Å². The summed E-state index contributed by atoms with van der Waals surface area (Å²) in [4.78, 5) is 23.5. The van der Waals surface area contributed by atoms with E-state index in [2.05, 4.69) is 5.32 Å². The number of hydrogen-bond donors (Lipinski definition) is 2. The van der Waals surface area contributed by atoms with Crippen LogP contribution in [0.2, 0.25) is 0 Å². The molecule has 0 bridgehead atoms. The first-order valence-electron chi connectivity index (χ1n) is 4.37. The van der Waals surface area contributed by atoms with Gasteiger partial charge in [0.1, 0.15) is 6.04 Å². The van der Waals surface area contributed by atoms with Gasteiger partial charge in [0.2, 0.25) is 5.91 Å². The first-order chi connectivity index (χ1) is 6.63. The van der Waals surface area contributed by atoms with E-state index in [4.69, 9.17) is 9.84 Å². The van der Waals surface area contributed by atoms with Crippen LogP contribution in [0.15, 0.2) is 0 Å². The second kappa shape index (κ2) is 4.92. The van der Waals surface area contributed by atoms with Crippen LogP contribution in [0, 0.1) is 0 Å². The molecule has 0 aromatic rings. The van der Waals surface area contributed by atoms with Crippen LogP contribution in [0.1, 0.15) is 0 Å². The number of nitrogens with one attached hydrogen (secondary N) is 1. The number of rotatable bonds is 4. The molecule has 2 N–H and O–H groups in total. The van der Waals surface area contributed by atoms with Crippen LogP contribution in [0.5, 0.6) is 0 Å². The fraction of sp³-hybridized carbons (Fsp3) is 0.750. The number of ether oxygens (including phenoxy) is 1. The smallest absolute Gasteiger partial charge is 0.327 e. The largest absolute Gasteiger partial charge is 0.480 e. The Hall–Kier alpha value is -1.14. The highest BCUT2D eigenvalue weighted by Gasteiger charge is 2.28. The molecule has 0 saturated carbocycles. The van der Waals surface area contributed by atoms with Crippen molar-refractivity contribution in [2.45, 2.75) is 6.04 Å². The molecule has 0 radical (unpaired) electrons. The summed E-state index contributed by atoms with van der Waals surface area (Å²) < 4.78 is 4.85. The number of carboxylic acids is 1. The lowest BCUT2D eigenvalue weighted by Gasteiger charge is -2.30.